The van der Waals surface area contributed by atoms with Crippen molar-refractivity contribution in [3.8, 4) is 0 Å². The monoisotopic (exact) mass is 175 g/mol. The third-order valence-corrected chi connectivity index (χ3v) is 1.95. The minimum absolute atomic E-state index is 0.0906. The summed E-state index contributed by atoms with van der Waals surface area (Å²) in [5.41, 5.74) is 1.77. The number of benzene rings is 1. The van der Waals surface area contributed by atoms with E-state index in [1.54, 1.807) is 13.1 Å². The molecular formula is C11H13NO. The average molecular weight is 175 g/mol. The molecule has 13 heavy (non-hydrogen) atoms. The van der Waals surface area contributed by atoms with Gasteiger partial charge in [-0.15, -0.1) is 0 Å². The summed E-state index contributed by atoms with van der Waals surface area (Å²) in [6.07, 6.45) is 1.72. The van der Waals surface area contributed by atoms with Gasteiger partial charge in [0.2, 0.25) is 0 Å². The fraction of sp³-hybridized carbons (Fsp3) is 0.182. The Balaban J connectivity index is 2.93. The van der Waals surface area contributed by atoms with Crippen LogP contribution in [0.4, 0.5) is 5.69 Å². The van der Waals surface area contributed by atoms with Gasteiger partial charge < -0.3 is 4.90 Å². The molecule has 68 valence electrons. The van der Waals surface area contributed by atoms with Crippen molar-refractivity contribution in [3.63, 3.8) is 0 Å². The van der Waals surface area contributed by atoms with E-state index >= 15 is 0 Å². The van der Waals surface area contributed by atoms with Crippen LogP contribution in [0.5, 0.6) is 0 Å². The van der Waals surface area contributed by atoms with E-state index in [1.165, 1.54) is 0 Å². The molecule has 0 aliphatic carbocycles. The Morgan fingerprint density at radius 3 is 2.31 bits per heavy atom. The summed E-state index contributed by atoms with van der Waals surface area (Å²) in [7, 11) is 1.91. The summed E-state index contributed by atoms with van der Waals surface area (Å²) in [6, 6.07) is 7.44. The molecule has 1 rings (SSSR count). The van der Waals surface area contributed by atoms with E-state index in [4.69, 9.17) is 0 Å². The van der Waals surface area contributed by atoms with Crippen LogP contribution in [0, 0.1) is 0 Å². The van der Waals surface area contributed by atoms with Gasteiger partial charge in [0, 0.05) is 18.3 Å². The van der Waals surface area contributed by atoms with Crippen molar-refractivity contribution in [2.45, 2.75) is 6.92 Å². The molecule has 0 saturated carbocycles. The van der Waals surface area contributed by atoms with Crippen molar-refractivity contribution < 1.29 is 4.79 Å². The van der Waals surface area contributed by atoms with Gasteiger partial charge in [0.15, 0.2) is 5.78 Å². The fourth-order valence-electron chi connectivity index (χ4n) is 1.04. The molecule has 0 bridgehead atoms. The molecule has 0 aliphatic rings. The first kappa shape index (κ1) is 9.52. The van der Waals surface area contributed by atoms with Gasteiger partial charge in [-0.3, -0.25) is 4.79 Å². The molecule has 2 nitrogen and oxygen atoms in total. The number of carbonyl (C=O) groups excluding carboxylic acids is 1. The number of ketones is 1. The molecule has 0 N–H and O–H groups in total. The number of Topliss-reactive ketones (excluding diaryl/α,β-unsaturated/α-hetero) is 1. The summed E-state index contributed by atoms with van der Waals surface area (Å²) in [5.74, 6) is 0.0906. The largest absolute Gasteiger partial charge is 0.352 e. The molecule has 0 radical (unpaired) electrons. The molecule has 0 atom stereocenters. The van der Waals surface area contributed by atoms with Gasteiger partial charge in [-0.1, -0.05) is 6.58 Å². The highest BCUT2D eigenvalue weighted by Gasteiger charge is 1.99. The third-order valence-electron chi connectivity index (χ3n) is 1.95. The maximum Gasteiger partial charge on any atom is 0.159 e. The Morgan fingerprint density at radius 2 is 1.92 bits per heavy atom. The van der Waals surface area contributed by atoms with E-state index in [0.29, 0.717) is 0 Å². The second-order valence-corrected chi connectivity index (χ2v) is 2.90. The van der Waals surface area contributed by atoms with Crippen molar-refractivity contribution in [2.24, 2.45) is 0 Å². The van der Waals surface area contributed by atoms with Crippen molar-refractivity contribution in [2.75, 3.05) is 11.9 Å². The highest BCUT2D eigenvalue weighted by molar-refractivity contribution is 5.94. The van der Waals surface area contributed by atoms with Gasteiger partial charge in [-0.2, -0.15) is 0 Å². The van der Waals surface area contributed by atoms with Gasteiger partial charge in [0.05, 0.1) is 0 Å². The normalized spacial score (nSPS) is 9.38. The number of hydrogen-bond donors (Lipinski definition) is 0. The summed E-state index contributed by atoms with van der Waals surface area (Å²) >= 11 is 0. The molecule has 2 heteroatoms. The first-order valence-electron chi connectivity index (χ1n) is 4.11. The van der Waals surface area contributed by atoms with E-state index in [-0.39, 0.29) is 5.78 Å². The van der Waals surface area contributed by atoms with Crippen LogP contribution >= 0.6 is 0 Å². The zero-order valence-corrected chi connectivity index (χ0v) is 7.95. The molecule has 0 aromatic heterocycles. The lowest BCUT2D eigenvalue weighted by Gasteiger charge is -2.12. The molecule has 1 aromatic carbocycles. The molecule has 1 aromatic rings. The summed E-state index contributed by atoms with van der Waals surface area (Å²) in [5, 5.41) is 0. The van der Waals surface area contributed by atoms with E-state index in [2.05, 4.69) is 6.58 Å². The Labute approximate surface area is 78.5 Å². The topological polar surface area (TPSA) is 20.3 Å². The SMILES string of the molecule is C=CN(C)c1ccc(C(C)=O)cc1. The quantitative estimate of drug-likeness (QED) is 0.658. The maximum atomic E-state index is 11.0. The summed E-state index contributed by atoms with van der Waals surface area (Å²) in [4.78, 5) is 12.9. The maximum absolute atomic E-state index is 11.0. The van der Waals surface area contributed by atoms with Gasteiger partial charge in [0.1, 0.15) is 0 Å². The minimum atomic E-state index is 0.0906. The molecule has 0 aliphatic heterocycles. The Kier molecular flexibility index (Phi) is 2.85. The number of nitrogens with zero attached hydrogens (tertiary/aromatic N) is 1. The van der Waals surface area contributed by atoms with Crippen LogP contribution in [-0.2, 0) is 0 Å². The van der Waals surface area contributed by atoms with Crippen LogP contribution in [0.15, 0.2) is 37.0 Å². The van der Waals surface area contributed by atoms with Crippen molar-refractivity contribution in [1.82, 2.24) is 0 Å². The zero-order valence-electron chi connectivity index (χ0n) is 7.95. The molecule has 0 saturated heterocycles. The lowest BCUT2D eigenvalue weighted by atomic mass is 10.1. The van der Waals surface area contributed by atoms with Gasteiger partial charge in [0.25, 0.3) is 0 Å². The van der Waals surface area contributed by atoms with Crippen molar-refractivity contribution in [3.05, 3.63) is 42.6 Å². The predicted molar refractivity (Wildman–Crippen MR) is 55.0 cm³/mol. The molecule has 0 fully saturated rings. The minimum Gasteiger partial charge on any atom is -0.352 e. The Morgan fingerprint density at radius 1 is 1.38 bits per heavy atom. The molecule has 0 heterocycles. The first-order chi connectivity index (χ1) is 6.15. The zero-order chi connectivity index (χ0) is 9.84. The van der Waals surface area contributed by atoms with Crippen LogP contribution in [0.2, 0.25) is 0 Å². The summed E-state index contributed by atoms with van der Waals surface area (Å²) in [6.45, 7) is 5.22. The Hall–Kier alpha value is -1.57. The van der Waals surface area contributed by atoms with Crippen LogP contribution in [0.3, 0.4) is 0 Å². The predicted octanol–water partition coefficient (Wildman–Crippen LogP) is 2.47. The fourth-order valence-corrected chi connectivity index (χ4v) is 1.04. The standard InChI is InChI=1S/C11H13NO/c1-4-12(3)11-7-5-10(6-8-11)9(2)13/h4-8H,1H2,2-3H3. The molecular weight excluding hydrogens is 162 g/mol. The number of hydrogen-bond acceptors (Lipinski definition) is 2. The van der Waals surface area contributed by atoms with Crippen LogP contribution in [0.25, 0.3) is 0 Å². The van der Waals surface area contributed by atoms with E-state index in [0.717, 1.165) is 11.3 Å². The molecule has 0 unspecified atom stereocenters. The van der Waals surface area contributed by atoms with Crippen molar-refractivity contribution >= 4 is 11.5 Å². The first-order valence-corrected chi connectivity index (χ1v) is 4.11. The van der Waals surface area contributed by atoms with Gasteiger partial charge in [-0.05, 0) is 37.4 Å². The average Bonchev–Trinajstić information content (AvgIpc) is 2.17. The molecule has 0 amide bonds. The molecule has 0 spiro atoms. The highest BCUT2D eigenvalue weighted by atomic mass is 16.1. The number of anilines is 1. The van der Waals surface area contributed by atoms with E-state index in [9.17, 15) is 4.79 Å². The number of rotatable bonds is 3. The van der Waals surface area contributed by atoms with E-state index in [1.807, 2.05) is 36.2 Å². The Bertz CT molecular complexity index is 313. The lowest BCUT2D eigenvalue weighted by molar-refractivity contribution is 0.101. The second-order valence-electron chi connectivity index (χ2n) is 2.90. The third kappa shape index (κ3) is 2.18. The number of carbonyl (C=O) groups is 1. The lowest BCUT2D eigenvalue weighted by Crippen LogP contribution is -2.06. The van der Waals surface area contributed by atoms with Crippen LogP contribution < -0.4 is 4.90 Å². The van der Waals surface area contributed by atoms with Crippen LogP contribution in [0.1, 0.15) is 17.3 Å². The smallest absolute Gasteiger partial charge is 0.159 e. The second kappa shape index (κ2) is 3.90. The summed E-state index contributed by atoms with van der Waals surface area (Å²) < 4.78 is 0. The van der Waals surface area contributed by atoms with Crippen LogP contribution in [-0.4, -0.2) is 12.8 Å². The van der Waals surface area contributed by atoms with Gasteiger partial charge in [-0.25, -0.2) is 0 Å². The van der Waals surface area contributed by atoms with Gasteiger partial charge >= 0.3 is 0 Å². The van der Waals surface area contributed by atoms with E-state index < -0.39 is 0 Å². The van der Waals surface area contributed by atoms with Crippen molar-refractivity contribution in [1.29, 1.82) is 0 Å². The highest BCUT2D eigenvalue weighted by Crippen LogP contribution is 2.13.